The lowest BCUT2D eigenvalue weighted by atomic mass is 10.2. The number of ether oxygens (including phenoxy) is 3. The van der Waals surface area contributed by atoms with E-state index in [9.17, 15) is 9.59 Å². The van der Waals surface area contributed by atoms with E-state index in [-0.39, 0.29) is 38.7 Å². The van der Waals surface area contributed by atoms with E-state index >= 15 is 0 Å². The van der Waals surface area contributed by atoms with Gasteiger partial charge in [-0.15, -0.1) is 0 Å². The first-order chi connectivity index (χ1) is 13.1. The molecule has 0 aromatic heterocycles. The molecule has 0 unspecified atom stereocenters. The van der Waals surface area contributed by atoms with Gasteiger partial charge in [-0.05, 0) is 24.3 Å². The molecule has 6 nitrogen and oxygen atoms in total. The highest BCUT2D eigenvalue weighted by Gasteiger charge is 2.25. The Kier molecular flexibility index (Phi) is 6.42. The summed E-state index contributed by atoms with van der Waals surface area (Å²) in [4.78, 5) is 25.8. The van der Waals surface area contributed by atoms with Gasteiger partial charge in [0.25, 0.3) is 0 Å². The number of anilines is 1. The Morgan fingerprint density at radius 1 is 1.07 bits per heavy atom. The van der Waals surface area contributed by atoms with Crippen LogP contribution in [-0.2, 0) is 14.3 Å². The number of benzene rings is 2. The lowest BCUT2D eigenvalue weighted by Gasteiger charge is -2.20. The summed E-state index contributed by atoms with van der Waals surface area (Å²) >= 11 is 12.0. The summed E-state index contributed by atoms with van der Waals surface area (Å²) < 4.78 is 16.2. The number of esters is 1. The number of nitrogens with zero attached hydrogens (tertiary/aromatic N) is 1. The zero-order valence-electron chi connectivity index (χ0n) is 14.3. The molecule has 142 valence electrons. The van der Waals surface area contributed by atoms with E-state index in [1.807, 2.05) is 6.07 Å². The van der Waals surface area contributed by atoms with Gasteiger partial charge in [-0.25, -0.2) is 0 Å². The number of hydrogen-bond acceptors (Lipinski definition) is 5. The molecule has 1 aliphatic rings. The minimum atomic E-state index is -0.547. The van der Waals surface area contributed by atoms with E-state index in [4.69, 9.17) is 37.4 Å². The molecule has 27 heavy (non-hydrogen) atoms. The summed E-state index contributed by atoms with van der Waals surface area (Å²) in [6.07, 6.45) is 0.191. The molecule has 1 aliphatic heterocycles. The van der Waals surface area contributed by atoms with Crippen molar-refractivity contribution in [3.05, 3.63) is 52.5 Å². The third-order valence-corrected chi connectivity index (χ3v) is 4.42. The maximum Gasteiger partial charge on any atom is 0.326 e. The van der Waals surface area contributed by atoms with Gasteiger partial charge >= 0.3 is 5.97 Å². The van der Waals surface area contributed by atoms with Crippen LogP contribution >= 0.6 is 23.2 Å². The highest BCUT2D eigenvalue weighted by molar-refractivity contribution is 6.37. The number of rotatable bonds is 6. The third kappa shape index (κ3) is 4.84. The standard InChI is InChI=1S/C19H17Cl2NO5/c20-13-4-3-5-14(21)19(13)27-11-10-26-18(24)12-22-15-6-1-2-7-16(15)25-9-8-17(22)23/h1-7H,8-12H2. The highest BCUT2D eigenvalue weighted by Crippen LogP contribution is 2.32. The Balaban J connectivity index is 1.54. The van der Waals surface area contributed by atoms with Crippen molar-refractivity contribution in [2.45, 2.75) is 6.42 Å². The molecule has 0 saturated carbocycles. The molecule has 2 aromatic carbocycles. The lowest BCUT2D eigenvalue weighted by molar-refractivity contribution is -0.143. The first-order valence-corrected chi connectivity index (χ1v) is 9.06. The number of para-hydroxylation sites is 3. The van der Waals surface area contributed by atoms with Crippen LogP contribution in [0.3, 0.4) is 0 Å². The molecule has 0 aliphatic carbocycles. The fourth-order valence-corrected chi connectivity index (χ4v) is 3.09. The van der Waals surface area contributed by atoms with Crippen LogP contribution in [0, 0.1) is 0 Å². The summed E-state index contributed by atoms with van der Waals surface area (Å²) in [6.45, 7) is 0.156. The zero-order valence-corrected chi connectivity index (χ0v) is 15.8. The molecule has 0 atom stereocenters. The average molecular weight is 410 g/mol. The topological polar surface area (TPSA) is 65.1 Å². The van der Waals surface area contributed by atoms with Gasteiger partial charge in [-0.2, -0.15) is 0 Å². The fourth-order valence-electron chi connectivity index (χ4n) is 2.59. The lowest BCUT2D eigenvalue weighted by Crippen LogP contribution is -2.36. The van der Waals surface area contributed by atoms with E-state index < -0.39 is 5.97 Å². The molecular weight excluding hydrogens is 393 g/mol. The summed E-state index contributed by atoms with van der Waals surface area (Å²) in [6, 6.07) is 12.1. The minimum absolute atomic E-state index is 0.000558. The van der Waals surface area contributed by atoms with E-state index in [0.717, 1.165) is 0 Å². The van der Waals surface area contributed by atoms with Crippen LogP contribution < -0.4 is 14.4 Å². The van der Waals surface area contributed by atoms with Gasteiger partial charge in [-0.1, -0.05) is 41.4 Å². The van der Waals surface area contributed by atoms with Crippen LogP contribution in [0.15, 0.2) is 42.5 Å². The van der Waals surface area contributed by atoms with Gasteiger partial charge in [0.05, 0.1) is 28.8 Å². The Morgan fingerprint density at radius 2 is 1.81 bits per heavy atom. The molecule has 0 N–H and O–H groups in total. The van der Waals surface area contributed by atoms with E-state index in [1.54, 1.807) is 36.4 Å². The van der Waals surface area contributed by atoms with Crippen LogP contribution in [0.2, 0.25) is 10.0 Å². The maximum absolute atomic E-state index is 12.3. The average Bonchev–Trinajstić information content (AvgIpc) is 2.80. The molecule has 2 aromatic rings. The number of carbonyl (C=O) groups excluding carboxylic acids is 2. The van der Waals surface area contributed by atoms with Gasteiger partial charge in [0, 0.05) is 0 Å². The third-order valence-electron chi connectivity index (χ3n) is 3.83. The predicted molar refractivity (Wildman–Crippen MR) is 102 cm³/mol. The number of amides is 1. The predicted octanol–water partition coefficient (Wildman–Crippen LogP) is 3.73. The molecule has 8 heteroatoms. The van der Waals surface area contributed by atoms with Crippen LogP contribution in [0.5, 0.6) is 11.5 Å². The van der Waals surface area contributed by atoms with Gasteiger partial charge in [0.2, 0.25) is 5.91 Å². The van der Waals surface area contributed by atoms with Crippen LogP contribution in [0.4, 0.5) is 5.69 Å². The first-order valence-electron chi connectivity index (χ1n) is 8.31. The molecule has 0 saturated heterocycles. The van der Waals surface area contributed by atoms with Gasteiger partial charge in [-0.3, -0.25) is 14.5 Å². The maximum atomic E-state index is 12.3. The van der Waals surface area contributed by atoms with E-state index in [2.05, 4.69) is 0 Å². The molecular formula is C19H17Cl2NO5. The van der Waals surface area contributed by atoms with Crippen molar-refractivity contribution < 1.29 is 23.8 Å². The van der Waals surface area contributed by atoms with Crippen molar-refractivity contribution in [2.75, 3.05) is 31.3 Å². The molecule has 0 radical (unpaired) electrons. The van der Waals surface area contributed by atoms with Crippen molar-refractivity contribution in [2.24, 2.45) is 0 Å². The minimum Gasteiger partial charge on any atom is -0.491 e. The second-order valence-electron chi connectivity index (χ2n) is 5.67. The Bertz CT molecular complexity index is 822. The van der Waals surface area contributed by atoms with Gasteiger partial charge < -0.3 is 14.2 Å². The van der Waals surface area contributed by atoms with Crippen molar-refractivity contribution in [1.82, 2.24) is 0 Å². The second-order valence-corrected chi connectivity index (χ2v) is 6.48. The monoisotopic (exact) mass is 409 g/mol. The second kappa shape index (κ2) is 8.97. The van der Waals surface area contributed by atoms with Crippen molar-refractivity contribution in [3.8, 4) is 11.5 Å². The zero-order chi connectivity index (χ0) is 19.2. The van der Waals surface area contributed by atoms with E-state index in [1.165, 1.54) is 4.90 Å². The Morgan fingerprint density at radius 3 is 2.59 bits per heavy atom. The summed E-state index contributed by atoms with van der Waals surface area (Å²) in [5.74, 6) is 0.156. The molecule has 0 fully saturated rings. The SMILES string of the molecule is O=C(CN1C(=O)CCOc2ccccc21)OCCOc1c(Cl)cccc1Cl. The Hall–Kier alpha value is -2.44. The molecule has 0 spiro atoms. The largest absolute Gasteiger partial charge is 0.491 e. The highest BCUT2D eigenvalue weighted by atomic mass is 35.5. The number of carbonyl (C=O) groups is 2. The smallest absolute Gasteiger partial charge is 0.326 e. The summed E-state index contributed by atoms with van der Waals surface area (Å²) in [5, 5.41) is 0.751. The molecule has 0 bridgehead atoms. The van der Waals surface area contributed by atoms with Gasteiger partial charge in [0.15, 0.2) is 5.75 Å². The van der Waals surface area contributed by atoms with Crippen LogP contribution in [0.25, 0.3) is 0 Å². The van der Waals surface area contributed by atoms with Crippen molar-refractivity contribution in [3.63, 3.8) is 0 Å². The number of fused-ring (bicyclic) bond motifs is 1. The van der Waals surface area contributed by atoms with Gasteiger partial charge in [0.1, 0.15) is 25.5 Å². The number of hydrogen-bond donors (Lipinski definition) is 0. The van der Waals surface area contributed by atoms with Crippen molar-refractivity contribution in [1.29, 1.82) is 0 Å². The number of halogens is 2. The Labute approximate surface area is 166 Å². The summed E-state index contributed by atoms with van der Waals surface area (Å²) in [5.41, 5.74) is 0.552. The van der Waals surface area contributed by atoms with E-state index in [0.29, 0.717) is 27.2 Å². The fraction of sp³-hybridized carbons (Fsp3) is 0.263. The molecule has 1 amide bonds. The normalized spacial score (nSPS) is 13.4. The first kappa shape index (κ1) is 19.3. The quantitative estimate of drug-likeness (QED) is 0.537. The van der Waals surface area contributed by atoms with Crippen LogP contribution in [0.1, 0.15) is 6.42 Å². The summed E-state index contributed by atoms with van der Waals surface area (Å²) in [7, 11) is 0. The van der Waals surface area contributed by atoms with Crippen LogP contribution in [-0.4, -0.2) is 38.2 Å². The molecule has 1 heterocycles. The van der Waals surface area contributed by atoms with Crippen molar-refractivity contribution >= 4 is 40.8 Å². The molecule has 3 rings (SSSR count).